The normalized spacial score (nSPS) is 10.8. The summed E-state index contributed by atoms with van der Waals surface area (Å²) in [5.41, 5.74) is 11.3. The first kappa shape index (κ1) is 41.7. The van der Waals surface area contributed by atoms with Crippen LogP contribution < -0.4 is 4.90 Å². The molecule has 0 unspecified atom stereocenters. The molecule has 0 atom stereocenters. The summed E-state index contributed by atoms with van der Waals surface area (Å²) in [7, 11) is 4.17. The van der Waals surface area contributed by atoms with Crippen molar-refractivity contribution in [1.29, 1.82) is 0 Å². The monoisotopic (exact) mass is 849 g/mol. The summed E-state index contributed by atoms with van der Waals surface area (Å²) < 4.78 is 11.6. The molecule has 10 heteroatoms. The van der Waals surface area contributed by atoms with Crippen molar-refractivity contribution in [3.63, 3.8) is 0 Å². The van der Waals surface area contributed by atoms with Crippen LogP contribution in [0.25, 0.3) is 67.1 Å². The third-order valence-corrected chi connectivity index (χ3v) is 10.9. The standard InChI is InChI=1S/C25H20N2.C14H12N2.C9H8N2O.C7H7N3/c1-26(19-10-4-2-5-11-19)21-16-17-25-23(18-21)22-14-8-9-15-24(22)27(25)20-12-6-3-7-13-20;1-16-13-10-6-5-9-12(13)15-14(16)11-7-3-2-4-8-11;1-7-10-11-9(12-7)8-5-3-2-4-6-8;1-6-5-10-4-2-3-8-7(10)9-6/h2-18H,1H3;2-10H,1H3;2-6H,1H3;2-5H,1H3. The van der Waals surface area contributed by atoms with Gasteiger partial charge in [0.25, 0.3) is 0 Å². The van der Waals surface area contributed by atoms with Crippen LogP contribution in [0, 0.1) is 13.8 Å². The van der Waals surface area contributed by atoms with Gasteiger partial charge in [0, 0.05) is 78.6 Å². The van der Waals surface area contributed by atoms with E-state index in [4.69, 9.17) is 4.42 Å². The lowest BCUT2D eigenvalue weighted by Gasteiger charge is -2.19. The van der Waals surface area contributed by atoms with Gasteiger partial charge in [-0.25, -0.2) is 15.0 Å². The van der Waals surface area contributed by atoms with E-state index in [1.807, 2.05) is 103 Å². The number of anilines is 2. The van der Waals surface area contributed by atoms with Crippen molar-refractivity contribution < 1.29 is 4.42 Å². The van der Waals surface area contributed by atoms with E-state index in [2.05, 4.69) is 169 Å². The Morgan fingerprint density at radius 2 is 1.15 bits per heavy atom. The second-order valence-electron chi connectivity index (χ2n) is 15.3. The molecule has 12 rings (SSSR count). The molecule has 5 heterocycles. The predicted octanol–water partition coefficient (Wildman–Crippen LogP) is 12.9. The van der Waals surface area contributed by atoms with Gasteiger partial charge in [0.05, 0.1) is 27.8 Å². The third-order valence-electron chi connectivity index (χ3n) is 10.9. The topological polar surface area (TPSA) is 95.1 Å². The molecule has 10 nitrogen and oxygen atoms in total. The van der Waals surface area contributed by atoms with E-state index in [1.165, 1.54) is 44.4 Å². The van der Waals surface area contributed by atoms with Gasteiger partial charge in [-0.15, -0.1) is 10.2 Å². The van der Waals surface area contributed by atoms with Crippen LogP contribution in [0.5, 0.6) is 0 Å². The Kier molecular flexibility index (Phi) is 12.3. The van der Waals surface area contributed by atoms with Crippen LogP contribution in [0.3, 0.4) is 0 Å². The lowest BCUT2D eigenvalue weighted by atomic mass is 10.1. The number of hydrogen-bond donors (Lipinski definition) is 0. The minimum absolute atomic E-state index is 0.577. The van der Waals surface area contributed by atoms with Gasteiger partial charge in [0.15, 0.2) is 0 Å². The molecule has 0 amide bonds. The summed E-state index contributed by atoms with van der Waals surface area (Å²) in [6, 6.07) is 66.4. The lowest BCUT2D eigenvalue weighted by molar-refractivity contribution is 0.533. The van der Waals surface area contributed by atoms with Crippen molar-refractivity contribution in [2.75, 3.05) is 11.9 Å². The summed E-state index contributed by atoms with van der Waals surface area (Å²) in [5, 5.41) is 10.2. The second kappa shape index (κ2) is 19.2. The van der Waals surface area contributed by atoms with Gasteiger partial charge in [-0.3, -0.25) is 4.40 Å². The fourth-order valence-corrected chi connectivity index (χ4v) is 7.76. The summed E-state index contributed by atoms with van der Waals surface area (Å²) in [5.74, 6) is 2.95. The number of fused-ring (bicyclic) bond motifs is 5. The first-order valence-electron chi connectivity index (χ1n) is 21.4. The molecule has 0 saturated carbocycles. The molecule has 7 aromatic carbocycles. The number of imidazole rings is 2. The molecule has 12 aromatic rings. The number of para-hydroxylation sites is 5. The zero-order valence-corrected chi connectivity index (χ0v) is 36.6. The molecule has 0 aliphatic heterocycles. The predicted molar refractivity (Wildman–Crippen MR) is 264 cm³/mol. The largest absolute Gasteiger partial charge is 0.421 e. The zero-order chi connectivity index (χ0) is 44.5. The van der Waals surface area contributed by atoms with Crippen molar-refractivity contribution in [2.45, 2.75) is 13.8 Å². The van der Waals surface area contributed by atoms with E-state index < -0.39 is 0 Å². The quantitative estimate of drug-likeness (QED) is 0.170. The molecule has 0 bridgehead atoms. The summed E-state index contributed by atoms with van der Waals surface area (Å²) in [6.07, 6.45) is 5.62. The van der Waals surface area contributed by atoms with Crippen LogP contribution in [0.2, 0.25) is 0 Å². The van der Waals surface area contributed by atoms with E-state index in [0.29, 0.717) is 11.8 Å². The Morgan fingerprint density at radius 1 is 0.538 bits per heavy atom. The Balaban J connectivity index is 0.000000119. The fourth-order valence-electron chi connectivity index (χ4n) is 7.76. The molecular formula is C55H47N9O. The van der Waals surface area contributed by atoms with Crippen LogP contribution >= 0.6 is 0 Å². The zero-order valence-electron chi connectivity index (χ0n) is 36.6. The number of hydrogen-bond acceptors (Lipinski definition) is 7. The van der Waals surface area contributed by atoms with Gasteiger partial charge in [-0.2, -0.15) is 0 Å². The number of aryl methyl sites for hydroxylation is 3. The first-order valence-corrected chi connectivity index (χ1v) is 21.4. The maximum atomic E-state index is 5.25. The molecule has 0 aliphatic rings. The van der Waals surface area contributed by atoms with Crippen LogP contribution in [-0.4, -0.2) is 45.7 Å². The maximum absolute atomic E-state index is 5.25. The van der Waals surface area contributed by atoms with Gasteiger partial charge in [0.2, 0.25) is 17.6 Å². The van der Waals surface area contributed by atoms with Crippen molar-refractivity contribution >= 4 is 50.0 Å². The minimum Gasteiger partial charge on any atom is -0.421 e. The van der Waals surface area contributed by atoms with Crippen molar-refractivity contribution in [2.24, 2.45) is 7.05 Å². The molecule has 318 valence electrons. The van der Waals surface area contributed by atoms with Crippen LogP contribution in [0.4, 0.5) is 11.4 Å². The number of benzene rings is 7. The lowest BCUT2D eigenvalue weighted by Crippen LogP contribution is -2.08. The van der Waals surface area contributed by atoms with Crippen LogP contribution in [-0.2, 0) is 7.05 Å². The highest BCUT2D eigenvalue weighted by Crippen LogP contribution is 2.35. The molecule has 0 aliphatic carbocycles. The Morgan fingerprint density at radius 3 is 1.83 bits per heavy atom. The molecule has 0 fully saturated rings. The SMILES string of the molecule is CN(c1ccccc1)c1ccc2c(c1)c1ccccc1n2-c1ccccc1.Cc1cn2cccnc2n1.Cc1nnc(-c2ccccc2)o1.Cn1c(-c2ccccc2)nc2ccccc21. The molecule has 0 spiro atoms. The van der Waals surface area contributed by atoms with Crippen molar-refractivity contribution in [3.8, 4) is 28.5 Å². The van der Waals surface area contributed by atoms with Crippen molar-refractivity contribution in [3.05, 3.63) is 224 Å². The first-order chi connectivity index (χ1) is 31.9. The van der Waals surface area contributed by atoms with Gasteiger partial charge < -0.3 is 18.5 Å². The molecule has 0 N–H and O–H groups in total. The van der Waals surface area contributed by atoms with Gasteiger partial charge in [-0.05, 0) is 85.8 Å². The van der Waals surface area contributed by atoms with E-state index in [0.717, 1.165) is 33.9 Å². The number of aromatic nitrogens is 8. The Bertz CT molecular complexity index is 3400. The maximum Gasteiger partial charge on any atom is 0.247 e. The number of nitrogens with zero attached hydrogens (tertiary/aromatic N) is 9. The Labute approximate surface area is 377 Å². The smallest absolute Gasteiger partial charge is 0.247 e. The fraction of sp³-hybridized carbons (Fsp3) is 0.0727. The highest BCUT2D eigenvalue weighted by atomic mass is 16.4. The third kappa shape index (κ3) is 9.28. The van der Waals surface area contributed by atoms with E-state index in [1.54, 1.807) is 13.1 Å². The van der Waals surface area contributed by atoms with E-state index >= 15 is 0 Å². The van der Waals surface area contributed by atoms with Crippen LogP contribution in [0.15, 0.2) is 217 Å². The summed E-state index contributed by atoms with van der Waals surface area (Å²) in [4.78, 5) is 15.1. The summed E-state index contributed by atoms with van der Waals surface area (Å²) in [6.45, 7) is 3.73. The van der Waals surface area contributed by atoms with E-state index in [-0.39, 0.29) is 0 Å². The second-order valence-corrected chi connectivity index (χ2v) is 15.3. The van der Waals surface area contributed by atoms with Gasteiger partial charge in [-0.1, -0.05) is 115 Å². The minimum atomic E-state index is 0.577. The van der Waals surface area contributed by atoms with Crippen molar-refractivity contribution in [1.82, 2.24) is 38.7 Å². The van der Waals surface area contributed by atoms with Crippen LogP contribution in [0.1, 0.15) is 11.6 Å². The highest BCUT2D eigenvalue weighted by Gasteiger charge is 2.14. The highest BCUT2D eigenvalue weighted by molar-refractivity contribution is 6.10. The summed E-state index contributed by atoms with van der Waals surface area (Å²) >= 11 is 0. The molecule has 0 saturated heterocycles. The number of rotatable bonds is 5. The molecule has 0 radical (unpaired) electrons. The van der Waals surface area contributed by atoms with E-state index in [9.17, 15) is 0 Å². The molecule has 5 aromatic heterocycles. The molecular weight excluding hydrogens is 803 g/mol. The Hall–Kier alpha value is -8.63. The van der Waals surface area contributed by atoms with Gasteiger partial charge in [0.1, 0.15) is 5.82 Å². The molecule has 65 heavy (non-hydrogen) atoms. The average Bonchev–Trinajstić information content (AvgIpc) is 4.15. The van der Waals surface area contributed by atoms with Gasteiger partial charge >= 0.3 is 0 Å². The average molecular weight is 850 g/mol.